The maximum absolute atomic E-state index is 11.4. The number of nitrogens with one attached hydrogen (secondary N) is 1. The van der Waals surface area contributed by atoms with Gasteiger partial charge in [-0.1, -0.05) is 11.8 Å². The summed E-state index contributed by atoms with van der Waals surface area (Å²) >= 11 is 2.94. The molecule has 0 saturated carbocycles. The number of esters is 1. The number of amides is 1. The lowest BCUT2D eigenvalue weighted by molar-refractivity contribution is -0.144. The third-order valence-corrected chi connectivity index (χ3v) is 4.07. The predicted molar refractivity (Wildman–Crippen MR) is 67.2 cm³/mol. The normalized spacial score (nSPS) is 11.9. The molecule has 94 valence electrons. The quantitative estimate of drug-likeness (QED) is 0.646. The summed E-state index contributed by atoms with van der Waals surface area (Å²) < 4.78 is 5.50. The molecule has 1 aromatic rings. The molecule has 1 atom stereocenters. The van der Waals surface area contributed by atoms with Gasteiger partial charge in [-0.3, -0.25) is 4.79 Å². The van der Waals surface area contributed by atoms with Crippen molar-refractivity contribution in [2.45, 2.75) is 24.2 Å². The monoisotopic (exact) mass is 274 g/mol. The van der Waals surface area contributed by atoms with E-state index in [0.717, 1.165) is 10.0 Å². The first-order valence-electron chi connectivity index (χ1n) is 4.92. The molecule has 1 heterocycles. The first kappa shape index (κ1) is 14.0. The van der Waals surface area contributed by atoms with Gasteiger partial charge in [-0.15, -0.1) is 11.3 Å². The Morgan fingerprint density at radius 3 is 2.82 bits per heavy atom. The van der Waals surface area contributed by atoms with Crippen molar-refractivity contribution in [1.29, 1.82) is 0 Å². The molecule has 0 spiro atoms. The van der Waals surface area contributed by atoms with Crippen LogP contribution in [0.3, 0.4) is 0 Å². The molecule has 5 nitrogen and oxygen atoms in total. The number of rotatable bonds is 5. The van der Waals surface area contributed by atoms with Crippen molar-refractivity contribution in [2.24, 2.45) is 0 Å². The Kier molecular flexibility index (Phi) is 5.43. The zero-order chi connectivity index (χ0) is 12.8. The minimum absolute atomic E-state index is 0.253. The maximum Gasteiger partial charge on any atom is 0.329 e. The SMILES string of the molecule is COC(=O)C(CSc1nc(C)cs1)NC(C)=O. The van der Waals surface area contributed by atoms with Gasteiger partial charge in [0.15, 0.2) is 0 Å². The molecule has 0 aliphatic heterocycles. The molecule has 1 aromatic heterocycles. The Bertz CT molecular complexity index is 406. The van der Waals surface area contributed by atoms with Crippen LogP contribution in [0.25, 0.3) is 0 Å². The number of thiazole rings is 1. The van der Waals surface area contributed by atoms with Gasteiger partial charge in [-0.05, 0) is 6.92 Å². The van der Waals surface area contributed by atoms with Gasteiger partial charge < -0.3 is 10.1 Å². The Balaban J connectivity index is 2.54. The number of hydrogen-bond donors (Lipinski definition) is 1. The summed E-state index contributed by atoms with van der Waals surface area (Å²) in [6.45, 7) is 3.28. The number of hydrogen-bond acceptors (Lipinski definition) is 6. The average Bonchev–Trinajstić information content (AvgIpc) is 2.68. The second kappa shape index (κ2) is 6.61. The standard InChI is InChI=1S/C10H14N2O3S2/c1-6-4-16-10(11-6)17-5-8(9(14)15-3)12-7(2)13/h4,8H,5H2,1-3H3,(H,12,13). The molecule has 1 N–H and O–H groups in total. The zero-order valence-electron chi connectivity index (χ0n) is 9.85. The van der Waals surface area contributed by atoms with E-state index in [1.54, 1.807) is 0 Å². The molecule has 1 rings (SSSR count). The van der Waals surface area contributed by atoms with Crippen molar-refractivity contribution in [2.75, 3.05) is 12.9 Å². The van der Waals surface area contributed by atoms with Gasteiger partial charge in [0.05, 0.1) is 7.11 Å². The van der Waals surface area contributed by atoms with Gasteiger partial charge in [-0.2, -0.15) is 0 Å². The number of methoxy groups -OCH3 is 1. The molecular weight excluding hydrogens is 260 g/mol. The van der Waals surface area contributed by atoms with Crippen LogP contribution in [0.2, 0.25) is 0 Å². The van der Waals surface area contributed by atoms with Crippen LogP contribution in [0.1, 0.15) is 12.6 Å². The van der Waals surface area contributed by atoms with Gasteiger partial charge in [0, 0.05) is 23.8 Å². The molecule has 1 amide bonds. The lowest BCUT2D eigenvalue weighted by Gasteiger charge is -2.13. The summed E-state index contributed by atoms with van der Waals surface area (Å²) in [6, 6.07) is -0.633. The van der Waals surface area contributed by atoms with Gasteiger partial charge in [0.2, 0.25) is 5.91 Å². The fourth-order valence-corrected chi connectivity index (χ4v) is 2.99. The van der Waals surface area contributed by atoms with Crippen LogP contribution in [0.5, 0.6) is 0 Å². The number of aromatic nitrogens is 1. The van der Waals surface area contributed by atoms with Crippen molar-refractivity contribution < 1.29 is 14.3 Å². The average molecular weight is 274 g/mol. The van der Waals surface area contributed by atoms with Crippen molar-refractivity contribution >= 4 is 35.0 Å². The molecule has 0 radical (unpaired) electrons. The number of carbonyl (C=O) groups excluding carboxylic acids is 2. The van der Waals surface area contributed by atoms with E-state index in [1.807, 2.05) is 12.3 Å². The highest BCUT2D eigenvalue weighted by molar-refractivity contribution is 8.01. The van der Waals surface area contributed by atoms with E-state index in [4.69, 9.17) is 0 Å². The van der Waals surface area contributed by atoms with E-state index in [0.29, 0.717) is 5.75 Å². The Morgan fingerprint density at radius 1 is 1.65 bits per heavy atom. The predicted octanol–water partition coefficient (Wildman–Crippen LogP) is 1.22. The third-order valence-electron chi connectivity index (χ3n) is 1.83. The van der Waals surface area contributed by atoms with Crippen LogP contribution in [-0.2, 0) is 14.3 Å². The van der Waals surface area contributed by atoms with Crippen LogP contribution in [0.15, 0.2) is 9.72 Å². The van der Waals surface area contributed by atoms with E-state index in [1.165, 1.54) is 37.1 Å². The smallest absolute Gasteiger partial charge is 0.329 e. The third kappa shape index (κ3) is 4.74. The summed E-state index contributed by atoms with van der Waals surface area (Å²) in [5.41, 5.74) is 0.951. The van der Waals surface area contributed by atoms with Crippen LogP contribution in [0.4, 0.5) is 0 Å². The van der Waals surface area contributed by atoms with E-state index in [-0.39, 0.29) is 5.91 Å². The van der Waals surface area contributed by atoms with Crippen LogP contribution < -0.4 is 5.32 Å². The van der Waals surface area contributed by atoms with Gasteiger partial charge in [-0.25, -0.2) is 9.78 Å². The fourth-order valence-electron chi connectivity index (χ4n) is 1.11. The van der Waals surface area contributed by atoms with Crippen molar-refractivity contribution in [3.8, 4) is 0 Å². The molecule has 0 bridgehead atoms. The van der Waals surface area contributed by atoms with Gasteiger partial charge in [0.25, 0.3) is 0 Å². The first-order valence-corrected chi connectivity index (χ1v) is 6.79. The highest BCUT2D eigenvalue weighted by Gasteiger charge is 2.20. The lowest BCUT2D eigenvalue weighted by Crippen LogP contribution is -2.42. The van der Waals surface area contributed by atoms with Crippen LogP contribution in [-0.4, -0.2) is 35.8 Å². The molecular formula is C10H14N2O3S2. The molecule has 0 aliphatic carbocycles. The van der Waals surface area contributed by atoms with E-state index >= 15 is 0 Å². The second-order valence-corrected chi connectivity index (χ2v) is 5.47. The highest BCUT2D eigenvalue weighted by Crippen LogP contribution is 2.23. The van der Waals surface area contributed by atoms with Crippen molar-refractivity contribution in [1.82, 2.24) is 10.3 Å². The molecule has 17 heavy (non-hydrogen) atoms. The number of ether oxygens (including phenoxy) is 1. The van der Waals surface area contributed by atoms with Crippen LogP contribution >= 0.6 is 23.1 Å². The van der Waals surface area contributed by atoms with E-state index < -0.39 is 12.0 Å². The summed E-state index contributed by atoms with van der Waals surface area (Å²) in [7, 11) is 1.30. The molecule has 0 fully saturated rings. The number of thioether (sulfide) groups is 1. The van der Waals surface area contributed by atoms with Gasteiger partial charge in [0.1, 0.15) is 10.4 Å². The number of aryl methyl sites for hydroxylation is 1. The van der Waals surface area contributed by atoms with E-state index in [9.17, 15) is 9.59 Å². The second-order valence-electron chi connectivity index (χ2n) is 3.34. The Morgan fingerprint density at radius 2 is 2.35 bits per heavy atom. The Labute approximate surface area is 108 Å². The summed E-state index contributed by atoms with van der Waals surface area (Å²) in [6.07, 6.45) is 0. The fraction of sp³-hybridized carbons (Fsp3) is 0.500. The van der Waals surface area contributed by atoms with Crippen molar-refractivity contribution in [3.05, 3.63) is 11.1 Å². The van der Waals surface area contributed by atoms with Crippen LogP contribution in [0, 0.1) is 6.92 Å². The summed E-state index contributed by atoms with van der Waals surface area (Å²) in [5.74, 6) is -0.281. The molecule has 0 aliphatic rings. The van der Waals surface area contributed by atoms with E-state index in [2.05, 4.69) is 15.0 Å². The topological polar surface area (TPSA) is 68.3 Å². The highest BCUT2D eigenvalue weighted by atomic mass is 32.2. The zero-order valence-corrected chi connectivity index (χ0v) is 11.5. The van der Waals surface area contributed by atoms with Crippen molar-refractivity contribution in [3.63, 3.8) is 0 Å². The Hall–Kier alpha value is -1.08. The first-order chi connectivity index (χ1) is 8.02. The summed E-state index contributed by atoms with van der Waals surface area (Å²) in [5, 5.41) is 4.49. The molecule has 0 aromatic carbocycles. The lowest BCUT2D eigenvalue weighted by atomic mass is 10.3. The summed E-state index contributed by atoms with van der Waals surface area (Å²) in [4.78, 5) is 26.6. The largest absolute Gasteiger partial charge is 0.467 e. The minimum Gasteiger partial charge on any atom is -0.467 e. The number of carbonyl (C=O) groups is 2. The van der Waals surface area contributed by atoms with Gasteiger partial charge >= 0.3 is 5.97 Å². The molecule has 1 unspecified atom stereocenters. The molecule has 0 saturated heterocycles. The maximum atomic E-state index is 11.4. The number of nitrogens with zero attached hydrogens (tertiary/aromatic N) is 1. The molecule has 7 heteroatoms. The minimum atomic E-state index is -0.633.